The molecular weight excluding hydrogens is 578 g/mol. The molecule has 4 aromatic rings. The van der Waals surface area contributed by atoms with Gasteiger partial charge in [-0.3, -0.25) is 4.57 Å². The second kappa shape index (κ2) is 12.1. The number of anilines is 4. The van der Waals surface area contributed by atoms with Crippen molar-refractivity contribution in [2.75, 3.05) is 30.1 Å². The molecule has 2 atom stereocenters. The number of pyridine rings is 2. The molecule has 0 aliphatic carbocycles. The summed E-state index contributed by atoms with van der Waals surface area (Å²) >= 11 is 0. The second-order valence-corrected chi connectivity index (χ2v) is 13.7. The summed E-state index contributed by atoms with van der Waals surface area (Å²) in [4.78, 5) is 14.5. The Morgan fingerprint density at radius 3 is 2.45 bits per heavy atom. The van der Waals surface area contributed by atoms with E-state index in [1.807, 2.05) is 43.5 Å². The predicted octanol–water partition coefficient (Wildman–Crippen LogP) is 6.57. The number of nitriles is 1. The molecule has 12 heteroatoms. The number of rotatable bonds is 8. The first-order valence-corrected chi connectivity index (χ1v) is 16.9. The Morgan fingerprint density at radius 2 is 1.77 bits per heavy atom. The molecule has 2 aliphatic heterocycles. The number of sulfone groups is 1. The van der Waals surface area contributed by atoms with Gasteiger partial charge in [-0.25, -0.2) is 23.4 Å². The number of benzene rings is 1. The van der Waals surface area contributed by atoms with Gasteiger partial charge < -0.3 is 20.1 Å². The Labute approximate surface area is 257 Å². The fourth-order valence-corrected chi connectivity index (χ4v) is 6.83. The predicted molar refractivity (Wildman–Crippen MR) is 168 cm³/mol. The standard InChI is InChI=1S/C32H37N7O4S/c1-19(2)22-11-13-28(36-25(22)18-33)37-29-17-24(31-32(38-29)39(20(3)34-31)30-9-5-6-14-43-30)35-23-12-10-21(26-8-7-15-42-26)16-27(23)44(4,40)41/h10-13,16-17,19,26,30H,5-9,14-15H2,1-4H3,(H2,35,36,37,38). The maximum atomic E-state index is 13.0. The van der Waals surface area contributed by atoms with E-state index in [9.17, 15) is 13.7 Å². The Bertz CT molecular complexity index is 1850. The van der Waals surface area contributed by atoms with Gasteiger partial charge in [-0.15, -0.1) is 0 Å². The van der Waals surface area contributed by atoms with Gasteiger partial charge in [0, 0.05) is 25.5 Å². The van der Waals surface area contributed by atoms with E-state index in [4.69, 9.17) is 19.4 Å². The van der Waals surface area contributed by atoms with Crippen molar-refractivity contribution in [3.63, 3.8) is 0 Å². The lowest BCUT2D eigenvalue weighted by atomic mass is 10.0. The van der Waals surface area contributed by atoms with E-state index in [2.05, 4.69) is 21.7 Å². The molecule has 2 unspecified atom stereocenters. The minimum absolute atomic E-state index is 0.116. The molecule has 6 rings (SSSR count). The summed E-state index contributed by atoms with van der Waals surface area (Å²) in [5.41, 5.74) is 4.25. The molecule has 0 bridgehead atoms. The molecule has 3 aromatic heterocycles. The molecule has 0 spiro atoms. The molecule has 0 radical (unpaired) electrons. The number of nitrogens with zero attached hydrogens (tertiary/aromatic N) is 5. The van der Waals surface area contributed by atoms with Crippen molar-refractivity contribution >= 4 is 44.0 Å². The summed E-state index contributed by atoms with van der Waals surface area (Å²) < 4.78 is 40.0. The minimum Gasteiger partial charge on any atom is -0.374 e. The molecule has 2 fully saturated rings. The van der Waals surface area contributed by atoms with Gasteiger partial charge in [0.25, 0.3) is 0 Å². The smallest absolute Gasteiger partial charge is 0.177 e. The van der Waals surface area contributed by atoms with Crippen LogP contribution in [-0.4, -0.2) is 47.4 Å². The van der Waals surface area contributed by atoms with Crippen LogP contribution in [-0.2, 0) is 19.3 Å². The van der Waals surface area contributed by atoms with Gasteiger partial charge in [0.1, 0.15) is 41.0 Å². The van der Waals surface area contributed by atoms with E-state index in [1.165, 1.54) is 6.26 Å². The summed E-state index contributed by atoms with van der Waals surface area (Å²) in [6, 6.07) is 13.1. The highest BCUT2D eigenvalue weighted by atomic mass is 32.2. The lowest BCUT2D eigenvalue weighted by molar-refractivity contribution is -0.0308. The Kier molecular flexibility index (Phi) is 8.28. The summed E-state index contributed by atoms with van der Waals surface area (Å²) in [6.07, 6.45) is 5.55. The third-order valence-corrected chi connectivity index (χ3v) is 9.29. The molecule has 2 saturated heterocycles. The lowest BCUT2D eigenvalue weighted by Gasteiger charge is -2.25. The number of hydrogen-bond acceptors (Lipinski definition) is 10. The highest BCUT2D eigenvalue weighted by Crippen LogP contribution is 2.37. The van der Waals surface area contributed by atoms with Crippen LogP contribution in [0.2, 0.25) is 0 Å². The first-order valence-electron chi connectivity index (χ1n) is 15.0. The summed E-state index contributed by atoms with van der Waals surface area (Å²) in [7, 11) is -3.59. The van der Waals surface area contributed by atoms with Crippen molar-refractivity contribution in [3.05, 3.63) is 59.0 Å². The van der Waals surface area contributed by atoms with Crippen molar-refractivity contribution in [1.82, 2.24) is 19.5 Å². The monoisotopic (exact) mass is 615 g/mol. The fraction of sp³-hybridized carbons (Fsp3) is 0.438. The third-order valence-electron chi connectivity index (χ3n) is 8.15. The molecule has 44 heavy (non-hydrogen) atoms. The zero-order valence-electron chi connectivity index (χ0n) is 25.4. The largest absolute Gasteiger partial charge is 0.374 e. The van der Waals surface area contributed by atoms with E-state index in [0.29, 0.717) is 53.1 Å². The first kappa shape index (κ1) is 30.0. The number of nitrogens with one attached hydrogen (secondary N) is 2. The van der Waals surface area contributed by atoms with Gasteiger partial charge in [0.05, 0.1) is 22.4 Å². The minimum atomic E-state index is -3.59. The first-order chi connectivity index (χ1) is 21.1. The Morgan fingerprint density at radius 1 is 0.955 bits per heavy atom. The maximum absolute atomic E-state index is 13.0. The van der Waals surface area contributed by atoms with Crippen LogP contribution in [0.1, 0.15) is 86.8 Å². The van der Waals surface area contributed by atoms with Crippen molar-refractivity contribution in [1.29, 1.82) is 5.26 Å². The van der Waals surface area contributed by atoms with Crippen LogP contribution in [0.5, 0.6) is 0 Å². The zero-order valence-corrected chi connectivity index (χ0v) is 26.2. The maximum Gasteiger partial charge on any atom is 0.177 e. The van der Waals surface area contributed by atoms with Crippen LogP contribution in [0.3, 0.4) is 0 Å². The van der Waals surface area contributed by atoms with Gasteiger partial charge in [0.15, 0.2) is 15.5 Å². The number of ether oxygens (including phenoxy) is 2. The molecule has 2 N–H and O–H groups in total. The third kappa shape index (κ3) is 6.00. The van der Waals surface area contributed by atoms with E-state index in [0.717, 1.165) is 49.1 Å². The van der Waals surface area contributed by atoms with E-state index in [-0.39, 0.29) is 23.1 Å². The Hall–Kier alpha value is -4.05. The molecule has 1 aromatic carbocycles. The molecule has 230 valence electrons. The van der Waals surface area contributed by atoms with Gasteiger partial charge >= 0.3 is 0 Å². The highest BCUT2D eigenvalue weighted by Gasteiger charge is 2.26. The highest BCUT2D eigenvalue weighted by molar-refractivity contribution is 7.90. The zero-order chi connectivity index (χ0) is 31.0. The average Bonchev–Trinajstić information content (AvgIpc) is 3.65. The quantitative estimate of drug-likeness (QED) is 0.223. The van der Waals surface area contributed by atoms with Gasteiger partial charge in [0.2, 0.25) is 0 Å². The van der Waals surface area contributed by atoms with Crippen LogP contribution < -0.4 is 10.6 Å². The number of aryl methyl sites for hydroxylation is 1. The van der Waals surface area contributed by atoms with Crippen molar-refractivity contribution in [3.8, 4) is 6.07 Å². The molecule has 0 saturated carbocycles. The average molecular weight is 616 g/mol. The van der Waals surface area contributed by atoms with Gasteiger partial charge in [-0.05, 0) is 74.3 Å². The second-order valence-electron chi connectivity index (χ2n) is 11.8. The molecule has 5 heterocycles. The summed E-state index contributed by atoms with van der Waals surface area (Å²) in [5, 5.41) is 16.4. The SMILES string of the molecule is Cc1nc2c(Nc3ccc(C4CCCO4)cc3S(C)(=O)=O)cc(Nc3ccc(C(C)C)c(C#N)n3)nc2n1C1CCCCO1. The Balaban J connectivity index is 1.46. The van der Waals surface area contributed by atoms with Crippen LogP contribution in [0.25, 0.3) is 11.2 Å². The lowest BCUT2D eigenvalue weighted by Crippen LogP contribution is -2.19. The number of hydrogen-bond donors (Lipinski definition) is 2. The van der Waals surface area contributed by atoms with Crippen molar-refractivity contribution in [2.45, 2.75) is 76.0 Å². The molecule has 11 nitrogen and oxygen atoms in total. The number of imidazole rings is 1. The number of fused-ring (bicyclic) bond motifs is 1. The normalized spacial score (nSPS) is 18.9. The van der Waals surface area contributed by atoms with E-state index >= 15 is 0 Å². The van der Waals surface area contributed by atoms with Gasteiger partial charge in [-0.2, -0.15) is 5.26 Å². The fourth-order valence-electron chi connectivity index (χ4n) is 5.96. The molecular formula is C32H37N7O4S. The number of aromatic nitrogens is 4. The van der Waals surface area contributed by atoms with Crippen LogP contribution in [0.4, 0.5) is 23.0 Å². The van der Waals surface area contributed by atoms with Crippen molar-refractivity contribution < 1.29 is 17.9 Å². The van der Waals surface area contributed by atoms with E-state index < -0.39 is 9.84 Å². The van der Waals surface area contributed by atoms with E-state index in [1.54, 1.807) is 18.2 Å². The topological polar surface area (TPSA) is 144 Å². The van der Waals surface area contributed by atoms with Crippen LogP contribution in [0.15, 0.2) is 41.3 Å². The summed E-state index contributed by atoms with van der Waals surface area (Å²) in [5.74, 6) is 1.82. The van der Waals surface area contributed by atoms with Crippen LogP contribution in [0, 0.1) is 18.3 Å². The van der Waals surface area contributed by atoms with Crippen LogP contribution >= 0.6 is 0 Å². The van der Waals surface area contributed by atoms with Crippen molar-refractivity contribution in [2.24, 2.45) is 0 Å². The summed E-state index contributed by atoms with van der Waals surface area (Å²) in [6.45, 7) is 7.28. The van der Waals surface area contributed by atoms with Gasteiger partial charge in [-0.1, -0.05) is 26.0 Å². The molecule has 2 aliphatic rings. The molecule has 0 amide bonds.